The smallest absolute Gasteiger partial charge is 0.405 e. The van der Waals surface area contributed by atoms with Crippen LogP contribution >= 0.6 is 0 Å². The summed E-state index contributed by atoms with van der Waals surface area (Å²) in [5, 5.41) is 16.0. The van der Waals surface area contributed by atoms with E-state index in [1.807, 2.05) is 68.5 Å². The van der Waals surface area contributed by atoms with Crippen LogP contribution in [-0.4, -0.2) is 116 Å². The molecule has 61 heavy (non-hydrogen) atoms. The van der Waals surface area contributed by atoms with E-state index in [-0.39, 0.29) is 31.2 Å². The topological polar surface area (TPSA) is 206 Å². The third-order valence-corrected chi connectivity index (χ3v) is 14.5. The Hall–Kier alpha value is -5.42. The maximum Gasteiger partial charge on any atom is 0.405 e. The van der Waals surface area contributed by atoms with Gasteiger partial charge in [0.2, 0.25) is 27.7 Å². The van der Waals surface area contributed by atoms with Crippen molar-refractivity contribution in [3.63, 3.8) is 0 Å². The molecule has 3 aromatic rings. The predicted octanol–water partition coefficient (Wildman–Crippen LogP) is 4.23. The van der Waals surface area contributed by atoms with E-state index < -0.39 is 74.7 Å². The van der Waals surface area contributed by atoms with Gasteiger partial charge in [0, 0.05) is 42.1 Å². The summed E-state index contributed by atoms with van der Waals surface area (Å²) in [4.78, 5) is 63.8. The summed E-state index contributed by atoms with van der Waals surface area (Å²) in [6.45, 7) is 6.69. The van der Waals surface area contributed by atoms with Crippen molar-refractivity contribution in [1.82, 2.24) is 25.2 Å². The SMILES string of the molecule is COc1ccc2c(O[C@@H]3C[C@H]4C(=O)N[C@]5(C(=O)NS(=O)(=O)C6CC6)C[C@H]5/C=C\CC[C@H](C)C[C@@H](C)[C@H](NC(=O)O)C(=O)N4C3)nc(-c3ccc(N4CCOCC4)cc3)cc2c1. The summed E-state index contributed by atoms with van der Waals surface area (Å²) in [7, 11) is -2.35. The van der Waals surface area contributed by atoms with Gasteiger partial charge in [-0.2, -0.15) is 0 Å². The van der Waals surface area contributed by atoms with E-state index in [4.69, 9.17) is 19.2 Å². The summed E-state index contributed by atoms with van der Waals surface area (Å²) in [5.41, 5.74) is 0.983. The second-order valence-corrected chi connectivity index (χ2v) is 19.2. The van der Waals surface area contributed by atoms with Gasteiger partial charge in [-0.15, -0.1) is 0 Å². The Morgan fingerprint density at radius 1 is 1.02 bits per heavy atom. The Balaban J connectivity index is 1.13. The first-order valence-electron chi connectivity index (χ1n) is 21.2. The highest BCUT2D eigenvalue weighted by Gasteiger charge is 2.62. The molecule has 4 N–H and O–H groups in total. The number of nitrogens with zero attached hydrogens (tertiary/aromatic N) is 3. The minimum absolute atomic E-state index is 0.0153. The van der Waals surface area contributed by atoms with Gasteiger partial charge >= 0.3 is 6.09 Å². The molecule has 326 valence electrons. The molecular weight excluding hydrogens is 805 g/mol. The van der Waals surface area contributed by atoms with E-state index in [1.165, 1.54) is 4.90 Å². The number of rotatable bonds is 9. The van der Waals surface area contributed by atoms with Gasteiger partial charge in [0.25, 0.3) is 5.91 Å². The van der Waals surface area contributed by atoms with Gasteiger partial charge in [-0.25, -0.2) is 18.2 Å². The van der Waals surface area contributed by atoms with Gasteiger partial charge in [0.1, 0.15) is 29.5 Å². The molecule has 7 atom stereocenters. The average molecular weight is 859 g/mol. The van der Waals surface area contributed by atoms with Crippen molar-refractivity contribution >= 4 is 50.3 Å². The zero-order valence-corrected chi connectivity index (χ0v) is 35.5. The van der Waals surface area contributed by atoms with Gasteiger partial charge in [-0.05, 0) is 92.1 Å². The lowest BCUT2D eigenvalue weighted by Crippen LogP contribution is -2.59. The number of carbonyl (C=O) groups is 4. The van der Waals surface area contributed by atoms with Crippen LogP contribution in [0.15, 0.2) is 60.7 Å². The number of sulfonamides is 1. The molecule has 2 aliphatic carbocycles. The molecule has 4 amide bonds. The van der Waals surface area contributed by atoms with Gasteiger partial charge in [-0.3, -0.25) is 19.1 Å². The van der Waals surface area contributed by atoms with E-state index in [1.54, 1.807) is 13.2 Å². The number of ether oxygens (including phenoxy) is 3. The number of carbonyl (C=O) groups excluding carboxylic acids is 3. The van der Waals surface area contributed by atoms with Crippen LogP contribution in [-0.2, 0) is 29.1 Å². The third-order valence-electron chi connectivity index (χ3n) is 12.7. The normalized spacial score (nSPS) is 29.0. The monoisotopic (exact) mass is 858 g/mol. The Morgan fingerprint density at radius 2 is 1.77 bits per heavy atom. The summed E-state index contributed by atoms with van der Waals surface area (Å²) >= 11 is 0. The maximum absolute atomic E-state index is 14.7. The number of aromatic nitrogens is 1. The number of benzene rings is 2. The van der Waals surface area contributed by atoms with Crippen molar-refractivity contribution in [3.8, 4) is 22.9 Å². The molecule has 2 aromatic carbocycles. The molecule has 17 heteroatoms. The number of methoxy groups -OCH3 is 1. The first kappa shape index (κ1) is 42.3. The van der Waals surface area contributed by atoms with E-state index in [0.29, 0.717) is 55.7 Å². The molecule has 0 spiro atoms. The molecule has 0 unspecified atom stereocenters. The third kappa shape index (κ3) is 9.13. The Labute approximate surface area is 355 Å². The van der Waals surface area contributed by atoms with Gasteiger partial charge in [0.15, 0.2) is 0 Å². The van der Waals surface area contributed by atoms with Crippen LogP contribution in [0.25, 0.3) is 22.0 Å². The molecule has 8 rings (SSSR count). The van der Waals surface area contributed by atoms with Crippen molar-refractivity contribution in [3.05, 3.63) is 60.7 Å². The van der Waals surface area contributed by atoms with Crippen molar-refractivity contribution in [2.75, 3.05) is 44.9 Å². The lowest BCUT2D eigenvalue weighted by molar-refractivity contribution is -0.142. The molecule has 16 nitrogen and oxygen atoms in total. The summed E-state index contributed by atoms with van der Waals surface area (Å²) < 4.78 is 45.9. The molecule has 2 saturated heterocycles. The standard InChI is InChI=1S/C44H54N6O10S/c1-26-6-4-5-7-30-24-44(30,42(53)48-61(56,57)34-13-14-34)47-39(51)37-23-33(25-50(37)41(52)38(27(2)20-26)46-43(54)55)60-40-35-15-12-32(58-3)21-29(35)22-36(45-40)28-8-10-31(11-9-28)49-16-18-59-19-17-49/h5,7-12,15,21-22,26-27,30,33-34,37-38,46H,4,6,13-14,16-20,23-25H2,1-3H3,(H,47,51)(H,48,53)(H,54,55)/b7-5-/t26-,27+,30+,33+,37-,38-,44+/m0/s1. The first-order valence-corrected chi connectivity index (χ1v) is 22.7. The van der Waals surface area contributed by atoms with E-state index in [0.717, 1.165) is 36.1 Å². The molecule has 4 fully saturated rings. The van der Waals surface area contributed by atoms with E-state index >= 15 is 0 Å². The van der Waals surface area contributed by atoms with Crippen LogP contribution in [0.2, 0.25) is 0 Å². The predicted molar refractivity (Wildman–Crippen MR) is 227 cm³/mol. The molecule has 3 aliphatic heterocycles. The molecule has 1 aromatic heterocycles. The number of allylic oxidation sites excluding steroid dienone is 1. The number of morpholine rings is 1. The second-order valence-electron chi connectivity index (χ2n) is 17.2. The summed E-state index contributed by atoms with van der Waals surface area (Å²) in [6, 6.07) is 13.2. The van der Waals surface area contributed by atoms with Crippen LogP contribution in [0.3, 0.4) is 0 Å². The molecular formula is C44H54N6O10S. The fraction of sp³-hybridized carbons (Fsp3) is 0.523. The van der Waals surface area contributed by atoms with Gasteiger partial charge in [0.05, 0.1) is 37.8 Å². The van der Waals surface area contributed by atoms with Crippen LogP contribution < -0.4 is 29.7 Å². The molecule has 4 heterocycles. The first-order chi connectivity index (χ1) is 29.2. The highest BCUT2D eigenvalue weighted by atomic mass is 32.2. The zero-order chi connectivity index (χ0) is 43.1. The molecule has 0 radical (unpaired) electrons. The Morgan fingerprint density at radius 3 is 2.48 bits per heavy atom. The van der Waals surface area contributed by atoms with Crippen LogP contribution in [0.4, 0.5) is 10.5 Å². The summed E-state index contributed by atoms with van der Waals surface area (Å²) in [5.74, 6) is -1.98. The van der Waals surface area contributed by atoms with Crippen LogP contribution in [0, 0.1) is 17.8 Å². The average Bonchev–Trinajstić information content (AvgIpc) is 4.18. The Bertz CT molecular complexity index is 2310. The highest BCUT2D eigenvalue weighted by molar-refractivity contribution is 7.91. The minimum Gasteiger partial charge on any atom is -0.497 e. The van der Waals surface area contributed by atoms with Crippen molar-refractivity contribution < 1.29 is 46.9 Å². The zero-order valence-electron chi connectivity index (χ0n) is 34.7. The number of carboxylic acid groups (broad SMARTS) is 1. The number of hydrogen-bond acceptors (Lipinski definition) is 11. The highest BCUT2D eigenvalue weighted by Crippen LogP contribution is 2.46. The van der Waals surface area contributed by atoms with Crippen molar-refractivity contribution in [1.29, 1.82) is 0 Å². The van der Waals surface area contributed by atoms with Gasteiger partial charge in [-0.1, -0.05) is 38.1 Å². The van der Waals surface area contributed by atoms with E-state index in [9.17, 15) is 32.7 Å². The lowest BCUT2D eigenvalue weighted by atomic mass is 9.88. The summed E-state index contributed by atoms with van der Waals surface area (Å²) in [6.07, 6.45) is 4.61. The second kappa shape index (κ2) is 17.2. The number of nitrogens with one attached hydrogen (secondary N) is 3. The number of pyridine rings is 1. The fourth-order valence-corrected chi connectivity index (χ4v) is 10.4. The van der Waals surface area contributed by atoms with Crippen LogP contribution in [0.1, 0.15) is 58.8 Å². The molecule has 2 saturated carbocycles. The van der Waals surface area contributed by atoms with Gasteiger partial charge < -0.3 is 39.8 Å². The fourth-order valence-electron chi connectivity index (χ4n) is 9.02. The van der Waals surface area contributed by atoms with Crippen LogP contribution in [0.5, 0.6) is 11.6 Å². The van der Waals surface area contributed by atoms with Crippen molar-refractivity contribution in [2.45, 2.75) is 87.8 Å². The largest absolute Gasteiger partial charge is 0.497 e. The lowest BCUT2D eigenvalue weighted by Gasteiger charge is -2.32. The van der Waals surface area contributed by atoms with Crippen molar-refractivity contribution in [2.24, 2.45) is 17.8 Å². The molecule has 5 aliphatic rings. The molecule has 0 bridgehead atoms. The number of anilines is 1. The maximum atomic E-state index is 14.7. The quantitative estimate of drug-likeness (QED) is 0.223. The number of amides is 4. The minimum atomic E-state index is -3.93. The Kier molecular flexibility index (Phi) is 11.9. The van der Waals surface area contributed by atoms with E-state index in [2.05, 4.69) is 20.3 Å². The number of fused-ring (bicyclic) bond motifs is 3. The number of hydrogen-bond donors (Lipinski definition) is 4.